The monoisotopic (exact) mass is 364 g/mol. The molecule has 5 heteroatoms. The summed E-state index contributed by atoms with van der Waals surface area (Å²) in [6, 6.07) is 10.3. The van der Waals surface area contributed by atoms with Crippen molar-refractivity contribution in [2.75, 3.05) is 32.8 Å². The van der Waals surface area contributed by atoms with Crippen LogP contribution in [0.5, 0.6) is 5.75 Å². The Morgan fingerprint density at radius 2 is 2.14 bits per heavy atom. The summed E-state index contributed by atoms with van der Waals surface area (Å²) in [7, 11) is 0. The fourth-order valence-corrected chi connectivity index (χ4v) is 3.32. The summed E-state index contributed by atoms with van der Waals surface area (Å²) in [5.74, 6) is 1.88. The standard InChI is InChI=1S/C17H21BrN2O2/c1-2-21-15-6-5-13(18)12-14(15)17(16-4-3-11-22-16)20-9-7-19-8-10-20/h3-6,11-12,17,19H,2,7-10H2,1H3. The average molecular weight is 365 g/mol. The topological polar surface area (TPSA) is 37.6 Å². The van der Waals surface area contributed by atoms with Gasteiger partial charge in [0.2, 0.25) is 0 Å². The van der Waals surface area contributed by atoms with E-state index in [0.29, 0.717) is 6.61 Å². The lowest BCUT2D eigenvalue weighted by Gasteiger charge is -2.34. The fraction of sp³-hybridized carbons (Fsp3) is 0.412. The summed E-state index contributed by atoms with van der Waals surface area (Å²) < 4.78 is 12.7. The molecule has 1 aliphatic rings. The number of halogens is 1. The SMILES string of the molecule is CCOc1ccc(Br)cc1C(c1ccco1)N1CCNCC1. The molecule has 0 bridgehead atoms. The van der Waals surface area contributed by atoms with Gasteiger partial charge < -0.3 is 14.5 Å². The first kappa shape index (κ1) is 15.6. The zero-order chi connectivity index (χ0) is 15.4. The van der Waals surface area contributed by atoms with E-state index in [2.05, 4.69) is 32.2 Å². The van der Waals surface area contributed by atoms with Crippen LogP contribution in [0, 0.1) is 0 Å². The van der Waals surface area contributed by atoms with Crippen molar-refractivity contribution in [3.63, 3.8) is 0 Å². The summed E-state index contributed by atoms with van der Waals surface area (Å²) in [5, 5.41) is 3.40. The van der Waals surface area contributed by atoms with Gasteiger partial charge in [-0.25, -0.2) is 0 Å². The molecule has 118 valence electrons. The molecule has 1 N–H and O–H groups in total. The van der Waals surface area contributed by atoms with Crippen molar-refractivity contribution < 1.29 is 9.15 Å². The Hall–Kier alpha value is -1.30. The van der Waals surface area contributed by atoms with Gasteiger partial charge in [0.25, 0.3) is 0 Å². The highest BCUT2D eigenvalue weighted by atomic mass is 79.9. The van der Waals surface area contributed by atoms with Crippen molar-refractivity contribution >= 4 is 15.9 Å². The summed E-state index contributed by atoms with van der Waals surface area (Å²) in [4.78, 5) is 2.44. The number of nitrogens with one attached hydrogen (secondary N) is 1. The van der Waals surface area contributed by atoms with Crippen molar-refractivity contribution in [3.05, 3.63) is 52.4 Å². The second kappa shape index (κ2) is 7.31. The fourth-order valence-electron chi connectivity index (χ4n) is 2.94. The van der Waals surface area contributed by atoms with E-state index in [1.807, 2.05) is 31.2 Å². The third-order valence-corrected chi connectivity index (χ3v) is 4.39. The largest absolute Gasteiger partial charge is 0.494 e. The molecule has 1 aromatic carbocycles. The molecule has 0 spiro atoms. The number of rotatable bonds is 5. The predicted octanol–water partition coefficient (Wildman–Crippen LogP) is 3.44. The van der Waals surface area contributed by atoms with E-state index < -0.39 is 0 Å². The zero-order valence-electron chi connectivity index (χ0n) is 12.7. The van der Waals surface area contributed by atoms with Gasteiger partial charge in [-0.2, -0.15) is 0 Å². The first-order chi connectivity index (χ1) is 10.8. The van der Waals surface area contributed by atoms with Crippen LogP contribution in [0.25, 0.3) is 0 Å². The lowest BCUT2D eigenvalue weighted by Crippen LogP contribution is -2.45. The molecule has 1 aromatic heterocycles. The van der Waals surface area contributed by atoms with Crippen molar-refractivity contribution in [1.82, 2.24) is 10.2 Å². The molecule has 2 heterocycles. The molecule has 0 amide bonds. The average Bonchev–Trinajstić information content (AvgIpc) is 3.05. The third-order valence-electron chi connectivity index (χ3n) is 3.90. The lowest BCUT2D eigenvalue weighted by molar-refractivity contribution is 0.176. The van der Waals surface area contributed by atoms with Gasteiger partial charge in [-0.3, -0.25) is 4.90 Å². The second-order valence-corrected chi connectivity index (χ2v) is 6.23. The van der Waals surface area contributed by atoms with Gasteiger partial charge in [-0.05, 0) is 37.3 Å². The number of ether oxygens (including phenoxy) is 1. The molecule has 1 atom stereocenters. The first-order valence-corrected chi connectivity index (χ1v) is 8.49. The minimum Gasteiger partial charge on any atom is -0.494 e. The van der Waals surface area contributed by atoms with E-state index >= 15 is 0 Å². The Morgan fingerprint density at radius 3 is 2.82 bits per heavy atom. The minimum atomic E-state index is 0.0798. The summed E-state index contributed by atoms with van der Waals surface area (Å²) in [6.07, 6.45) is 1.74. The molecule has 1 aliphatic heterocycles. The van der Waals surface area contributed by atoms with Crippen LogP contribution >= 0.6 is 15.9 Å². The third kappa shape index (κ3) is 3.37. The van der Waals surface area contributed by atoms with Gasteiger partial charge in [-0.15, -0.1) is 0 Å². The molecule has 1 fully saturated rings. The highest BCUT2D eigenvalue weighted by molar-refractivity contribution is 9.10. The molecule has 22 heavy (non-hydrogen) atoms. The summed E-state index contributed by atoms with van der Waals surface area (Å²) in [5.41, 5.74) is 1.15. The zero-order valence-corrected chi connectivity index (χ0v) is 14.3. The van der Waals surface area contributed by atoms with Gasteiger partial charge in [0, 0.05) is 36.2 Å². The molecule has 4 nitrogen and oxygen atoms in total. The summed E-state index contributed by atoms with van der Waals surface area (Å²) >= 11 is 3.59. The van der Waals surface area contributed by atoms with E-state index in [9.17, 15) is 0 Å². The molecule has 1 saturated heterocycles. The van der Waals surface area contributed by atoms with Crippen molar-refractivity contribution in [2.45, 2.75) is 13.0 Å². The molecule has 0 saturated carbocycles. The van der Waals surface area contributed by atoms with Gasteiger partial charge in [0.05, 0.1) is 18.9 Å². The van der Waals surface area contributed by atoms with E-state index in [1.165, 1.54) is 0 Å². The summed E-state index contributed by atoms with van der Waals surface area (Å²) in [6.45, 7) is 6.64. The van der Waals surface area contributed by atoms with Gasteiger partial charge in [0.15, 0.2) is 0 Å². The first-order valence-electron chi connectivity index (χ1n) is 7.70. The lowest BCUT2D eigenvalue weighted by atomic mass is 10.0. The van der Waals surface area contributed by atoms with Gasteiger partial charge in [0.1, 0.15) is 11.5 Å². The number of hydrogen-bond donors (Lipinski definition) is 1. The van der Waals surface area contributed by atoms with Crippen LogP contribution in [0.4, 0.5) is 0 Å². The maximum Gasteiger partial charge on any atom is 0.125 e. The highest BCUT2D eigenvalue weighted by Crippen LogP contribution is 2.37. The molecule has 0 aliphatic carbocycles. The number of hydrogen-bond acceptors (Lipinski definition) is 4. The number of nitrogens with zero attached hydrogens (tertiary/aromatic N) is 1. The van der Waals surface area contributed by atoms with E-state index in [-0.39, 0.29) is 6.04 Å². The van der Waals surface area contributed by atoms with Crippen LogP contribution in [0.2, 0.25) is 0 Å². The highest BCUT2D eigenvalue weighted by Gasteiger charge is 2.28. The number of furan rings is 1. The second-order valence-electron chi connectivity index (χ2n) is 5.32. The Kier molecular flexibility index (Phi) is 5.18. The minimum absolute atomic E-state index is 0.0798. The van der Waals surface area contributed by atoms with Gasteiger partial charge >= 0.3 is 0 Å². The van der Waals surface area contributed by atoms with E-state index in [0.717, 1.165) is 47.7 Å². The van der Waals surface area contributed by atoms with E-state index in [4.69, 9.17) is 9.15 Å². The maximum atomic E-state index is 5.86. The van der Waals surface area contributed by atoms with E-state index in [1.54, 1.807) is 6.26 Å². The Balaban J connectivity index is 2.03. The smallest absolute Gasteiger partial charge is 0.125 e. The molecular formula is C17H21BrN2O2. The van der Waals surface area contributed by atoms with Crippen molar-refractivity contribution in [1.29, 1.82) is 0 Å². The Labute approximate surface area is 139 Å². The number of piperazine rings is 1. The van der Waals surface area contributed by atoms with Crippen molar-refractivity contribution in [3.8, 4) is 5.75 Å². The van der Waals surface area contributed by atoms with Crippen LogP contribution < -0.4 is 10.1 Å². The molecule has 1 unspecified atom stereocenters. The molecule has 2 aromatic rings. The predicted molar refractivity (Wildman–Crippen MR) is 90.3 cm³/mol. The molecule has 3 rings (SSSR count). The van der Waals surface area contributed by atoms with Crippen LogP contribution in [0.15, 0.2) is 45.5 Å². The molecule has 0 radical (unpaired) electrons. The molecular weight excluding hydrogens is 344 g/mol. The Morgan fingerprint density at radius 1 is 1.32 bits per heavy atom. The van der Waals surface area contributed by atoms with Crippen LogP contribution in [-0.2, 0) is 0 Å². The van der Waals surface area contributed by atoms with Crippen LogP contribution in [0.1, 0.15) is 24.3 Å². The normalized spacial score (nSPS) is 17.4. The van der Waals surface area contributed by atoms with Gasteiger partial charge in [-0.1, -0.05) is 15.9 Å². The van der Waals surface area contributed by atoms with Crippen LogP contribution in [0.3, 0.4) is 0 Å². The van der Waals surface area contributed by atoms with Crippen molar-refractivity contribution in [2.24, 2.45) is 0 Å². The Bertz CT molecular complexity index is 595. The number of benzene rings is 1. The quantitative estimate of drug-likeness (QED) is 0.881. The maximum absolute atomic E-state index is 5.86. The van der Waals surface area contributed by atoms with Crippen LogP contribution in [-0.4, -0.2) is 37.7 Å².